The van der Waals surface area contributed by atoms with Gasteiger partial charge in [-0.05, 0) is 61.6 Å². The molecule has 0 spiro atoms. The van der Waals surface area contributed by atoms with Crippen LogP contribution in [0.3, 0.4) is 0 Å². The summed E-state index contributed by atoms with van der Waals surface area (Å²) in [6, 6.07) is 3.72. The lowest BCUT2D eigenvalue weighted by Crippen LogP contribution is -2.54. The number of halogens is 4. The lowest BCUT2D eigenvalue weighted by atomic mass is 9.84. The highest BCUT2D eigenvalue weighted by molar-refractivity contribution is 7.92. The Hall–Kier alpha value is -3.32. The molecule has 42 heavy (non-hydrogen) atoms. The van der Waals surface area contributed by atoms with Crippen molar-refractivity contribution in [1.82, 2.24) is 10.6 Å². The van der Waals surface area contributed by atoms with Gasteiger partial charge in [0.05, 0.1) is 22.3 Å². The van der Waals surface area contributed by atoms with E-state index < -0.39 is 50.6 Å². The predicted octanol–water partition coefficient (Wildman–Crippen LogP) is 4.84. The molecule has 0 aliphatic heterocycles. The van der Waals surface area contributed by atoms with Gasteiger partial charge in [0, 0.05) is 29.4 Å². The fraction of sp³-hybridized carbons (Fsp3) is 0.464. The van der Waals surface area contributed by atoms with Gasteiger partial charge in [0.1, 0.15) is 6.04 Å². The summed E-state index contributed by atoms with van der Waals surface area (Å²) in [4.78, 5) is 37.2. The number of hydrogen-bond donors (Lipinski definition) is 3. The number of carbonyl (C=O) groups excluding carboxylic acids is 3. The van der Waals surface area contributed by atoms with E-state index in [0.29, 0.717) is 37.8 Å². The van der Waals surface area contributed by atoms with Crippen LogP contribution in [0.4, 0.5) is 23.7 Å². The van der Waals surface area contributed by atoms with Crippen LogP contribution >= 0.6 is 11.6 Å². The van der Waals surface area contributed by atoms with Crippen molar-refractivity contribution in [1.29, 1.82) is 0 Å². The number of amides is 3. The minimum Gasteiger partial charge on any atom is -0.453 e. The maximum absolute atomic E-state index is 13.9. The Labute approximate surface area is 246 Å². The average Bonchev–Trinajstić information content (AvgIpc) is 3.21. The smallest absolute Gasteiger partial charge is 0.407 e. The number of anilines is 1. The van der Waals surface area contributed by atoms with E-state index in [1.165, 1.54) is 19.2 Å². The first-order valence-corrected chi connectivity index (χ1v) is 15.3. The Morgan fingerprint density at radius 1 is 1.00 bits per heavy atom. The largest absolute Gasteiger partial charge is 0.453 e. The summed E-state index contributed by atoms with van der Waals surface area (Å²) < 4.78 is 72.9. The second kappa shape index (κ2) is 12.5. The molecule has 5 atom stereocenters. The molecule has 3 N–H and O–H groups in total. The van der Waals surface area contributed by atoms with Crippen LogP contribution in [0.5, 0.6) is 0 Å². The third kappa shape index (κ3) is 6.51. The number of hydrogen-bond acceptors (Lipinski definition) is 6. The maximum Gasteiger partial charge on any atom is 0.407 e. The molecule has 2 aliphatic rings. The Morgan fingerprint density at radius 2 is 1.60 bits per heavy atom. The van der Waals surface area contributed by atoms with Crippen LogP contribution in [0.2, 0.25) is 5.02 Å². The Morgan fingerprint density at radius 3 is 2.14 bits per heavy atom. The summed E-state index contributed by atoms with van der Waals surface area (Å²) in [5.74, 6) is -6.72. The molecule has 2 aromatic rings. The standard InChI is InChI=1S/C28H31ClF3N3O6S/c1-13(2)24(35-28(38)41-3)27(37)34-17-8-14-4-5-15(9-17)25(14)42(39,40)22-10-16(6-7-19(22)29)26(36)33-18-11-20(30)23(32)21(31)12-18/h6-7,10-15,17,24-25H,4-5,8-9H2,1-3H3,(H,33,36)(H,34,37)(H,35,38)/t14-,15?,17+,24?,25?/m1/s1. The lowest BCUT2D eigenvalue weighted by Gasteiger charge is -2.36. The van der Waals surface area contributed by atoms with Gasteiger partial charge >= 0.3 is 6.09 Å². The van der Waals surface area contributed by atoms with Gasteiger partial charge in [0.15, 0.2) is 27.3 Å². The van der Waals surface area contributed by atoms with Crippen LogP contribution < -0.4 is 16.0 Å². The number of carbonyl (C=O) groups is 3. The van der Waals surface area contributed by atoms with Crippen molar-refractivity contribution in [2.75, 3.05) is 12.4 Å². The van der Waals surface area contributed by atoms with Crippen LogP contribution in [-0.2, 0) is 19.4 Å². The van der Waals surface area contributed by atoms with Crippen molar-refractivity contribution in [2.45, 2.75) is 61.8 Å². The third-order valence-electron chi connectivity index (χ3n) is 7.87. The number of alkyl carbamates (subject to hydrolysis) is 1. The van der Waals surface area contributed by atoms with Gasteiger partial charge in [0.2, 0.25) is 5.91 Å². The molecule has 3 unspecified atom stereocenters. The first-order chi connectivity index (χ1) is 19.7. The highest BCUT2D eigenvalue weighted by Gasteiger charge is 2.50. The first-order valence-electron chi connectivity index (χ1n) is 13.4. The quantitative estimate of drug-likeness (QED) is 0.359. The fourth-order valence-corrected chi connectivity index (χ4v) is 8.82. The molecule has 4 rings (SSSR count). The maximum atomic E-state index is 13.9. The molecule has 2 saturated carbocycles. The number of nitrogens with one attached hydrogen (secondary N) is 3. The van der Waals surface area contributed by atoms with E-state index in [1.807, 2.05) is 0 Å². The van der Waals surface area contributed by atoms with Crippen molar-refractivity contribution in [3.63, 3.8) is 0 Å². The zero-order chi connectivity index (χ0) is 30.9. The van der Waals surface area contributed by atoms with Gasteiger partial charge < -0.3 is 20.7 Å². The lowest BCUT2D eigenvalue weighted by molar-refractivity contribution is -0.125. The monoisotopic (exact) mass is 629 g/mol. The van der Waals surface area contributed by atoms with E-state index >= 15 is 0 Å². The molecular formula is C28H31ClF3N3O6S. The molecule has 0 saturated heterocycles. The minimum atomic E-state index is -4.05. The Kier molecular flexibility index (Phi) is 9.41. The Bertz CT molecular complexity index is 1470. The SMILES string of the molecule is COC(=O)NC(C(=O)N[C@@H]1CC2CC[C@H](C1)C2S(=O)(=O)c1cc(C(=O)Nc2cc(F)c(F)c(F)c2)ccc1Cl)C(C)C. The van der Waals surface area contributed by atoms with Crippen molar-refractivity contribution >= 4 is 45.0 Å². The van der Waals surface area contributed by atoms with E-state index in [-0.39, 0.29) is 50.9 Å². The Balaban J connectivity index is 1.50. The average molecular weight is 630 g/mol. The number of methoxy groups -OCH3 is 1. The molecule has 228 valence electrons. The molecule has 14 heteroatoms. The summed E-state index contributed by atoms with van der Waals surface area (Å²) >= 11 is 6.30. The number of rotatable bonds is 8. The molecule has 3 amide bonds. The topological polar surface area (TPSA) is 131 Å². The van der Waals surface area contributed by atoms with Crippen LogP contribution in [0.25, 0.3) is 0 Å². The molecule has 2 aromatic carbocycles. The first kappa shape index (κ1) is 31.6. The van der Waals surface area contributed by atoms with Gasteiger partial charge in [0.25, 0.3) is 5.91 Å². The molecular weight excluding hydrogens is 599 g/mol. The van der Waals surface area contributed by atoms with Crippen LogP contribution in [0.1, 0.15) is 49.9 Å². The van der Waals surface area contributed by atoms with E-state index in [4.69, 9.17) is 11.6 Å². The van der Waals surface area contributed by atoms with Crippen LogP contribution in [-0.4, -0.2) is 50.8 Å². The van der Waals surface area contributed by atoms with Gasteiger partial charge in [-0.25, -0.2) is 26.4 Å². The molecule has 0 heterocycles. The van der Waals surface area contributed by atoms with Gasteiger partial charge in [-0.1, -0.05) is 25.4 Å². The minimum absolute atomic E-state index is 0.0890. The fourth-order valence-electron chi connectivity index (χ4n) is 5.95. The van der Waals surface area contributed by atoms with E-state index in [2.05, 4.69) is 20.7 Å². The van der Waals surface area contributed by atoms with Gasteiger partial charge in [-0.3, -0.25) is 9.59 Å². The number of sulfone groups is 1. The highest BCUT2D eigenvalue weighted by Crippen LogP contribution is 2.48. The third-order valence-corrected chi connectivity index (χ3v) is 10.7. The summed E-state index contributed by atoms with van der Waals surface area (Å²) in [5, 5.41) is 6.82. The normalized spacial score (nSPS) is 22.4. The summed E-state index contributed by atoms with van der Waals surface area (Å²) in [5.41, 5.74) is -0.482. The van der Waals surface area contributed by atoms with E-state index in [9.17, 15) is 36.0 Å². The zero-order valence-corrected chi connectivity index (χ0v) is 24.6. The van der Waals surface area contributed by atoms with Crippen molar-refractivity contribution in [3.8, 4) is 0 Å². The van der Waals surface area contributed by atoms with Crippen molar-refractivity contribution < 1.29 is 40.7 Å². The number of fused-ring (bicyclic) bond motifs is 2. The molecule has 2 fully saturated rings. The number of ether oxygens (including phenoxy) is 1. The summed E-state index contributed by atoms with van der Waals surface area (Å²) in [7, 11) is -2.84. The van der Waals surface area contributed by atoms with E-state index in [1.54, 1.807) is 13.8 Å². The second-order valence-electron chi connectivity index (χ2n) is 11.0. The van der Waals surface area contributed by atoms with Crippen molar-refractivity contribution in [2.24, 2.45) is 17.8 Å². The molecule has 2 aliphatic carbocycles. The zero-order valence-electron chi connectivity index (χ0n) is 23.0. The molecule has 2 bridgehead atoms. The van der Waals surface area contributed by atoms with Gasteiger partial charge in [-0.15, -0.1) is 0 Å². The summed E-state index contributed by atoms with van der Waals surface area (Å²) in [6.07, 6.45) is 1.30. The summed E-state index contributed by atoms with van der Waals surface area (Å²) in [6.45, 7) is 3.56. The second-order valence-corrected chi connectivity index (χ2v) is 13.5. The molecule has 0 radical (unpaired) electrons. The van der Waals surface area contributed by atoms with Crippen LogP contribution in [0.15, 0.2) is 35.2 Å². The van der Waals surface area contributed by atoms with Gasteiger partial charge in [-0.2, -0.15) is 0 Å². The van der Waals surface area contributed by atoms with Crippen LogP contribution in [0, 0.1) is 35.2 Å². The number of benzene rings is 2. The molecule has 0 aromatic heterocycles. The molecule has 9 nitrogen and oxygen atoms in total. The predicted molar refractivity (Wildman–Crippen MR) is 148 cm³/mol. The van der Waals surface area contributed by atoms with Crippen molar-refractivity contribution in [3.05, 3.63) is 58.4 Å². The van der Waals surface area contributed by atoms with E-state index in [0.717, 1.165) is 6.07 Å². The highest BCUT2D eigenvalue weighted by atomic mass is 35.5.